The third kappa shape index (κ3) is 5.17. The second kappa shape index (κ2) is 10.0. The highest BCUT2D eigenvalue weighted by molar-refractivity contribution is 6.31. The lowest BCUT2D eigenvalue weighted by atomic mass is 10.1. The quantitative estimate of drug-likeness (QED) is 0.704. The van der Waals surface area contributed by atoms with Crippen LogP contribution in [0.25, 0.3) is 0 Å². The predicted molar refractivity (Wildman–Crippen MR) is 92.4 cm³/mol. The maximum Gasteiger partial charge on any atom is 0.0637 e. The summed E-state index contributed by atoms with van der Waals surface area (Å²) in [6, 6.07) is 6.69. The zero-order chi connectivity index (χ0) is 15.7. The van der Waals surface area contributed by atoms with Gasteiger partial charge in [0, 0.05) is 42.5 Å². The molecule has 1 aromatic rings. The van der Waals surface area contributed by atoms with Crippen LogP contribution in [-0.2, 0) is 11.3 Å². The maximum atomic E-state index is 6.44. The molecule has 0 aliphatic heterocycles. The molecule has 0 spiro atoms. The fourth-order valence-electron chi connectivity index (χ4n) is 2.66. The van der Waals surface area contributed by atoms with E-state index in [1.165, 1.54) is 11.3 Å². The van der Waals surface area contributed by atoms with Crippen molar-refractivity contribution in [3.05, 3.63) is 28.8 Å². The summed E-state index contributed by atoms with van der Waals surface area (Å²) < 4.78 is 5.29. The van der Waals surface area contributed by atoms with Gasteiger partial charge in [-0.2, -0.15) is 0 Å². The van der Waals surface area contributed by atoms with Crippen LogP contribution in [0.3, 0.4) is 0 Å². The van der Waals surface area contributed by atoms with Crippen LogP contribution in [0, 0.1) is 0 Å². The summed E-state index contributed by atoms with van der Waals surface area (Å²) in [5.41, 5.74) is 2.42. The zero-order valence-corrected chi connectivity index (χ0v) is 14.5. The molecule has 0 aromatic heterocycles. The zero-order valence-electron chi connectivity index (χ0n) is 13.8. The topological polar surface area (TPSA) is 24.5 Å². The van der Waals surface area contributed by atoms with E-state index in [2.05, 4.69) is 37.1 Å². The average molecular weight is 313 g/mol. The maximum absolute atomic E-state index is 6.44. The molecule has 0 aliphatic rings. The highest BCUT2D eigenvalue weighted by Crippen LogP contribution is 2.30. The Morgan fingerprint density at radius 2 is 1.95 bits per heavy atom. The van der Waals surface area contributed by atoms with Crippen LogP contribution < -0.4 is 10.2 Å². The normalized spacial score (nSPS) is 11.1. The summed E-state index contributed by atoms with van der Waals surface area (Å²) in [4.78, 5) is 2.45. The number of rotatable bonds is 10. The van der Waals surface area contributed by atoms with E-state index in [9.17, 15) is 0 Å². The molecule has 4 heteroatoms. The van der Waals surface area contributed by atoms with Gasteiger partial charge in [0.15, 0.2) is 0 Å². The minimum atomic E-state index is 0.513. The number of hydrogen-bond acceptors (Lipinski definition) is 3. The summed E-state index contributed by atoms with van der Waals surface area (Å²) in [6.45, 7) is 9.94. The van der Waals surface area contributed by atoms with Crippen LogP contribution >= 0.6 is 11.6 Å². The SMILES string of the molecule is CCNCc1c(Cl)cccc1N(CCOC)C(CC)CC. The lowest BCUT2D eigenvalue weighted by molar-refractivity contribution is 0.202. The van der Waals surface area contributed by atoms with Crippen molar-refractivity contribution < 1.29 is 4.74 Å². The standard InChI is InChI=1S/C17H29ClN2O/c1-5-14(6-2)20(11-12-21-4)17-10-8-9-16(18)15(17)13-19-7-3/h8-10,14,19H,5-7,11-13H2,1-4H3. The van der Waals surface area contributed by atoms with Crippen molar-refractivity contribution in [1.29, 1.82) is 0 Å². The number of benzene rings is 1. The average Bonchev–Trinajstić information content (AvgIpc) is 2.50. The molecule has 21 heavy (non-hydrogen) atoms. The molecule has 1 aromatic carbocycles. The summed E-state index contributed by atoms with van der Waals surface area (Å²) in [5, 5.41) is 4.22. The fraction of sp³-hybridized carbons (Fsp3) is 0.647. The summed E-state index contributed by atoms with van der Waals surface area (Å²) in [7, 11) is 1.75. The molecule has 1 rings (SSSR count). The van der Waals surface area contributed by atoms with Crippen LogP contribution in [-0.4, -0.2) is 32.8 Å². The van der Waals surface area contributed by atoms with E-state index in [1.807, 2.05) is 12.1 Å². The number of ether oxygens (including phenoxy) is 1. The Hall–Kier alpha value is -0.770. The van der Waals surface area contributed by atoms with Gasteiger partial charge < -0.3 is 15.0 Å². The van der Waals surface area contributed by atoms with Crippen molar-refractivity contribution >= 4 is 17.3 Å². The first-order valence-electron chi connectivity index (χ1n) is 7.93. The Morgan fingerprint density at radius 3 is 2.52 bits per heavy atom. The molecule has 0 radical (unpaired) electrons. The first kappa shape index (κ1) is 18.3. The molecule has 0 saturated carbocycles. The Balaban J connectivity index is 3.12. The van der Waals surface area contributed by atoms with Gasteiger partial charge in [-0.15, -0.1) is 0 Å². The van der Waals surface area contributed by atoms with Crippen molar-refractivity contribution in [2.24, 2.45) is 0 Å². The molecule has 0 unspecified atom stereocenters. The van der Waals surface area contributed by atoms with E-state index in [0.717, 1.165) is 44.1 Å². The van der Waals surface area contributed by atoms with E-state index >= 15 is 0 Å². The Kier molecular flexibility index (Phi) is 8.74. The van der Waals surface area contributed by atoms with Crippen LogP contribution in [0.2, 0.25) is 5.02 Å². The predicted octanol–water partition coefficient (Wildman–Crippen LogP) is 4.09. The van der Waals surface area contributed by atoms with Gasteiger partial charge in [0.25, 0.3) is 0 Å². The molecule has 1 N–H and O–H groups in total. The first-order valence-corrected chi connectivity index (χ1v) is 8.30. The molecule has 120 valence electrons. The Morgan fingerprint density at radius 1 is 1.24 bits per heavy atom. The lowest BCUT2D eigenvalue weighted by Gasteiger charge is -2.34. The Labute approximate surface area is 134 Å². The van der Waals surface area contributed by atoms with Gasteiger partial charge in [-0.25, -0.2) is 0 Å². The van der Waals surface area contributed by atoms with Gasteiger partial charge in [-0.3, -0.25) is 0 Å². The highest BCUT2D eigenvalue weighted by atomic mass is 35.5. The number of hydrogen-bond donors (Lipinski definition) is 1. The van der Waals surface area contributed by atoms with E-state index < -0.39 is 0 Å². The van der Waals surface area contributed by atoms with Crippen molar-refractivity contribution in [1.82, 2.24) is 5.32 Å². The Bertz CT molecular complexity index is 408. The molecule has 0 bridgehead atoms. The third-order valence-electron chi connectivity index (χ3n) is 3.87. The second-order valence-electron chi connectivity index (χ2n) is 5.17. The summed E-state index contributed by atoms with van der Waals surface area (Å²) >= 11 is 6.44. The van der Waals surface area contributed by atoms with Crippen LogP contribution in [0.15, 0.2) is 18.2 Å². The number of nitrogens with zero attached hydrogens (tertiary/aromatic N) is 1. The minimum absolute atomic E-state index is 0.513. The number of nitrogens with one attached hydrogen (secondary N) is 1. The molecule has 3 nitrogen and oxygen atoms in total. The van der Waals surface area contributed by atoms with Gasteiger partial charge >= 0.3 is 0 Å². The van der Waals surface area contributed by atoms with Gasteiger partial charge in [-0.1, -0.05) is 38.4 Å². The molecule has 0 aliphatic carbocycles. The van der Waals surface area contributed by atoms with Crippen molar-refractivity contribution in [2.75, 3.05) is 31.7 Å². The lowest BCUT2D eigenvalue weighted by Crippen LogP contribution is -2.38. The first-order chi connectivity index (χ1) is 10.2. The number of methoxy groups -OCH3 is 1. The minimum Gasteiger partial charge on any atom is -0.383 e. The van der Waals surface area contributed by atoms with Crippen LogP contribution in [0.1, 0.15) is 39.2 Å². The number of anilines is 1. The van der Waals surface area contributed by atoms with Gasteiger partial charge in [0.05, 0.1) is 6.61 Å². The van der Waals surface area contributed by atoms with Gasteiger partial charge in [0.2, 0.25) is 0 Å². The van der Waals surface area contributed by atoms with Gasteiger partial charge in [-0.05, 0) is 31.5 Å². The van der Waals surface area contributed by atoms with Crippen molar-refractivity contribution in [3.63, 3.8) is 0 Å². The third-order valence-corrected chi connectivity index (χ3v) is 4.23. The van der Waals surface area contributed by atoms with Crippen molar-refractivity contribution in [3.8, 4) is 0 Å². The molecule has 0 atom stereocenters. The molecule has 0 saturated heterocycles. The molecule has 0 amide bonds. The van der Waals surface area contributed by atoms with Crippen LogP contribution in [0.5, 0.6) is 0 Å². The fourth-order valence-corrected chi connectivity index (χ4v) is 2.90. The van der Waals surface area contributed by atoms with Crippen molar-refractivity contribution in [2.45, 2.75) is 46.2 Å². The van der Waals surface area contributed by atoms with E-state index in [1.54, 1.807) is 7.11 Å². The molecule has 0 fully saturated rings. The van der Waals surface area contributed by atoms with Crippen LogP contribution in [0.4, 0.5) is 5.69 Å². The molecule has 0 heterocycles. The molecular formula is C17H29ClN2O. The second-order valence-corrected chi connectivity index (χ2v) is 5.58. The monoisotopic (exact) mass is 312 g/mol. The highest BCUT2D eigenvalue weighted by Gasteiger charge is 2.19. The summed E-state index contributed by atoms with van der Waals surface area (Å²) in [6.07, 6.45) is 2.24. The molecular weight excluding hydrogens is 284 g/mol. The van der Waals surface area contributed by atoms with E-state index in [0.29, 0.717) is 6.04 Å². The smallest absolute Gasteiger partial charge is 0.0637 e. The van der Waals surface area contributed by atoms with E-state index in [-0.39, 0.29) is 0 Å². The summed E-state index contributed by atoms with van der Waals surface area (Å²) in [5.74, 6) is 0. The largest absolute Gasteiger partial charge is 0.383 e. The van der Waals surface area contributed by atoms with E-state index in [4.69, 9.17) is 16.3 Å². The number of halogens is 1. The van der Waals surface area contributed by atoms with Gasteiger partial charge in [0.1, 0.15) is 0 Å².